The van der Waals surface area contributed by atoms with Crippen molar-refractivity contribution in [3.05, 3.63) is 17.7 Å². The highest BCUT2D eigenvalue weighted by molar-refractivity contribution is 6.03. The minimum Gasteiger partial charge on any atom is -0.504 e. The molecule has 1 fully saturated rings. The van der Waals surface area contributed by atoms with E-state index < -0.39 is 6.10 Å². The van der Waals surface area contributed by atoms with Crippen molar-refractivity contribution in [3.8, 4) is 11.5 Å². The standard InChI is InChI=1S/C13H14N2O4/c1-19-12-3-9-10(4-11(12)17)14-5-7-2-8(16)6-15(7)13(9)18/h3-5,7-8,16-17H,2,6H2,1H3. The molecule has 100 valence electrons. The van der Waals surface area contributed by atoms with Crippen LogP contribution in [-0.4, -0.2) is 53.0 Å². The number of hydrogen-bond acceptors (Lipinski definition) is 5. The van der Waals surface area contributed by atoms with Crippen molar-refractivity contribution in [1.29, 1.82) is 0 Å². The van der Waals surface area contributed by atoms with Crippen molar-refractivity contribution >= 4 is 17.8 Å². The molecule has 6 heteroatoms. The Labute approximate surface area is 109 Å². The number of aliphatic hydroxyl groups is 1. The van der Waals surface area contributed by atoms with Gasteiger partial charge in [-0.15, -0.1) is 0 Å². The third kappa shape index (κ3) is 1.84. The van der Waals surface area contributed by atoms with Gasteiger partial charge >= 0.3 is 0 Å². The summed E-state index contributed by atoms with van der Waals surface area (Å²) in [4.78, 5) is 18.3. The number of nitrogens with zero attached hydrogens (tertiary/aromatic N) is 2. The minimum atomic E-state index is -0.513. The molecule has 1 saturated heterocycles. The molecule has 2 N–H and O–H groups in total. The van der Waals surface area contributed by atoms with Crippen molar-refractivity contribution in [2.45, 2.75) is 18.6 Å². The Morgan fingerprint density at radius 1 is 1.47 bits per heavy atom. The molecule has 0 saturated carbocycles. The Balaban J connectivity index is 2.09. The topological polar surface area (TPSA) is 82.4 Å². The molecule has 2 atom stereocenters. The van der Waals surface area contributed by atoms with Crippen molar-refractivity contribution < 1.29 is 19.7 Å². The number of aliphatic imine (C=N–C) groups is 1. The Morgan fingerprint density at radius 2 is 2.26 bits per heavy atom. The number of phenols is 1. The lowest BCUT2D eigenvalue weighted by atomic mass is 10.1. The quantitative estimate of drug-likeness (QED) is 0.780. The molecule has 3 rings (SSSR count). The summed E-state index contributed by atoms with van der Waals surface area (Å²) < 4.78 is 5.01. The first-order valence-corrected chi connectivity index (χ1v) is 6.04. The third-order valence-electron chi connectivity index (χ3n) is 3.50. The second-order valence-electron chi connectivity index (χ2n) is 4.73. The van der Waals surface area contributed by atoms with E-state index in [1.165, 1.54) is 19.2 Å². The number of aromatic hydroxyl groups is 1. The Bertz CT molecular complexity index is 570. The summed E-state index contributed by atoms with van der Waals surface area (Å²) in [6, 6.07) is 2.71. The van der Waals surface area contributed by atoms with Crippen LogP contribution in [-0.2, 0) is 0 Å². The van der Waals surface area contributed by atoms with Crippen LogP contribution in [0.15, 0.2) is 17.1 Å². The molecule has 0 spiro atoms. The van der Waals surface area contributed by atoms with Crippen LogP contribution in [0.3, 0.4) is 0 Å². The Hall–Kier alpha value is -2.08. The number of aliphatic hydroxyl groups excluding tert-OH is 1. The zero-order valence-corrected chi connectivity index (χ0v) is 10.4. The van der Waals surface area contributed by atoms with Crippen LogP contribution in [0.4, 0.5) is 5.69 Å². The van der Waals surface area contributed by atoms with Gasteiger partial charge in [-0.05, 0) is 6.07 Å². The zero-order chi connectivity index (χ0) is 13.6. The average Bonchev–Trinajstić information content (AvgIpc) is 2.71. The second-order valence-corrected chi connectivity index (χ2v) is 4.73. The van der Waals surface area contributed by atoms with E-state index in [-0.39, 0.29) is 23.4 Å². The number of amides is 1. The van der Waals surface area contributed by atoms with Crippen LogP contribution >= 0.6 is 0 Å². The van der Waals surface area contributed by atoms with Crippen LogP contribution < -0.4 is 4.74 Å². The molecular formula is C13H14N2O4. The van der Waals surface area contributed by atoms with Gasteiger partial charge in [0.2, 0.25) is 0 Å². The van der Waals surface area contributed by atoms with Gasteiger partial charge in [0.05, 0.1) is 30.5 Å². The number of carbonyl (C=O) groups excluding carboxylic acids is 1. The molecule has 2 heterocycles. The number of hydrogen-bond donors (Lipinski definition) is 2. The van der Waals surface area contributed by atoms with Gasteiger partial charge in [-0.2, -0.15) is 0 Å². The van der Waals surface area contributed by atoms with Crippen molar-refractivity contribution in [3.63, 3.8) is 0 Å². The highest BCUT2D eigenvalue weighted by Gasteiger charge is 2.36. The summed E-state index contributed by atoms with van der Waals surface area (Å²) in [5.74, 6) is -0.0128. The van der Waals surface area contributed by atoms with Gasteiger partial charge in [-0.1, -0.05) is 0 Å². The Kier molecular flexibility index (Phi) is 2.67. The predicted octanol–water partition coefficient (Wildman–Crippen LogP) is 0.692. The van der Waals surface area contributed by atoms with Crippen LogP contribution in [0.5, 0.6) is 11.5 Å². The SMILES string of the molecule is COc1cc2c(cc1O)N=CC1CC(O)CN1C2=O. The summed E-state index contributed by atoms with van der Waals surface area (Å²) in [7, 11) is 1.42. The molecule has 1 amide bonds. The molecule has 19 heavy (non-hydrogen) atoms. The number of phenolic OH excluding ortho intramolecular Hbond substituents is 1. The molecular weight excluding hydrogens is 248 g/mol. The van der Waals surface area contributed by atoms with Crippen LogP contribution in [0.2, 0.25) is 0 Å². The summed E-state index contributed by atoms with van der Waals surface area (Å²) in [5, 5.41) is 19.4. The van der Waals surface area contributed by atoms with Crippen molar-refractivity contribution in [1.82, 2.24) is 4.90 Å². The van der Waals surface area contributed by atoms with E-state index in [9.17, 15) is 15.0 Å². The first-order valence-electron chi connectivity index (χ1n) is 6.04. The molecule has 2 aliphatic heterocycles. The van der Waals surface area contributed by atoms with Crippen LogP contribution in [0.1, 0.15) is 16.8 Å². The molecule has 2 aliphatic rings. The average molecular weight is 262 g/mol. The number of ether oxygens (including phenoxy) is 1. The monoisotopic (exact) mass is 262 g/mol. The minimum absolute atomic E-state index is 0.0479. The molecule has 1 aromatic carbocycles. The number of benzene rings is 1. The number of rotatable bonds is 1. The van der Waals surface area contributed by atoms with Gasteiger partial charge < -0.3 is 19.8 Å². The summed E-state index contributed by atoms with van der Waals surface area (Å²) in [6.45, 7) is 0.304. The molecule has 6 nitrogen and oxygen atoms in total. The molecule has 0 radical (unpaired) electrons. The maximum Gasteiger partial charge on any atom is 0.256 e. The van der Waals surface area contributed by atoms with E-state index >= 15 is 0 Å². The van der Waals surface area contributed by atoms with E-state index in [1.807, 2.05) is 0 Å². The van der Waals surface area contributed by atoms with Crippen molar-refractivity contribution in [2.24, 2.45) is 4.99 Å². The highest BCUT2D eigenvalue weighted by Crippen LogP contribution is 2.37. The molecule has 0 bridgehead atoms. The lowest BCUT2D eigenvalue weighted by Gasteiger charge is -2.19. The number of fused-ring (bicyclic) bond motifs is 2. The van der Waals surface area contributed by atoms with Gasteiger partial charge in [0.1, 0.15) is 0 Å². The molecule has 0 aliphatic carbocycles. The van der Waals surface area contributed by atoms with Gasteiger partial charge in [-0.25, -0.2) is 0 Å². The van der Waals surface area contributed by atoms with E-state index in [0.29, 0.717) is 24.2 Å². The molecule has 2 unspecified atom stereocenters. The third-order valence-corrected chi connectivity index (χ3v) is 3.50. The maximum absolute atomic E-state index is 12.4. The smallest absolute Gasteiger partial charge is 0.256 e. The molecule has 0 aromatic heterocycles. The first kappa shape index (κ1) is 12.0. The van der Waals surface area contributed by atoms with Gasteiger partial charge in [0, 0.05) is 25.2 Å². The zero-order valence-electron chi connectivity index (χ0n) is 10.4. The number of carbonyl (C=O) groups is 1. The van der Waals surface area contributed by atoms with Crippen LogP contribution in [0, 0.1) is 0 Å². The van der Waals surface area contributed by atoms with Gasteiger partial charge in [-0.3, -0.25) is 9.79 Å². The summed E-state index contributed by atoms with van der Waals surface area (Å²) >= 11 is 0. The fraction of sp³-hybridized carbons (Fsp3) is 0.385. The van der Waals surface area contributed by atoms with E-state index in [2.05, 4.69) is 4.99 Å². The summed E-state index contributed by atoms with van der Waals surface area (Å²) in [5.41, 5.74) is 0.801. The van der Waals surface area contributed by atoms with Crippen LogP contribution in [0.25, 0.3) is 0 Å². The normalized spacial score (nSPS) is 24.9. The van der Waals surface area contributed by atoms with E-state index in [4.69, 9.17) is 4.74 Å². The van der Waals surface area contributed by atoms with Crippen molar-refractivity contribution in [2.75, 3.05) is 13.7 Å². The number of methoxy groups -OCH3 is 1. The van der Waals surface area contributed by atoms with E-state index in [0.717, 1.165) is 0 Å². The molecule has 1 aromatic rings. The van der Waals surface area contributed by atoms with Gasteiger partial charge in [0.25, 0.3) is 5.91 Å². The fourth-order valence-corrected chi connectivity index (χ4v) is 2.54. The lowest BCUT2D eigenvalue weighted by molar-refractivity contribution is 0.0749. The first-order chi connectivity index (χ1) is 9.10. The van der Waals surface area contributed by atoms with E-state index in [1.54, 1.807) is 11.1 Å². The van der Waals surface area contributed by atoms with Gasteiger partial charge in [0.15, 0.2) is 11.5 Å². The summed E-state index contributed by atoms with van der Waals surface area (Å²) in [6.07, 6.45) is 1.62. The Morgan fingerprint density at radius 3 is 3.00 bits per heavy atom. The lowest BCUT2D eigenvalue weighted by Crippen LogP contribution is -2.35. The second kappa shape index (κ2) is 4.24. The fourth-order valence-electron chi connectivity index (χ4n) is 2.54. The predicted molar refractivity (Wildman–Crippen MR) is 68.3 cm³/mol. The highest BCUT2D eigenvalue weighted by atomic mass is 16.5. The maximum atomic E-state index is 12.4. The largest absolute Gasteiger partial charge is 0.504 e.